The van der Waals surface area contributed by atoms with E-state index >= 15 is 0 Å². The van der Waals surface area contributed by atoms with E-state index in [-0.39, 0.29) is 37.9 Å². The fraction of sp³-hybridized carbons (Fsp3) is 0.560. The highest BCUT2D eigenvalue weighted by molar-refractivity contribution is 6.09. The number of nitrogens with one attached hydrogen (secondary N) is 1. The Bertz CT molecular complexity index is 1190. The number of likely N-dealkylation sites (tertiary alicyclic amines) is 2. The quantitative estimate of drug-likeness (QED) is 0.664. The number of amides is 4. The monoisotopic (exact) mass is 503 g/mol. The van der Waals surface area contributed by atoms with E-state index in [0.29, 0.717) is 19.6 Å². The van der Waals surface area contributed by atoms with Crippen molar-refractivity contribution in [2.24, 2.45) is 5.92 Å². The number of halogens is 2. The number of carbonyl (C=O) groups excluding carboxylic acids is 2. The molecule has 3 aliphatic rings. The second kappa shape index (κ2) is 9.34. The number of rotatable bonds is 4. The Balaban J connectivity index is 1.28. The van der Waals surface area contributed by atoms with Gasteiger partial charge in [0.15, 0.2) is 0 Å². The highest BCUT2D eigenvalue weighted by Crippen LogP contribution is 2.37. The second-order valence-electron chi connectivity index (χ2n) is 10.1. The highest BCUT2D eigenvalue weighted by Gasteiger charge is 2.46. The fourth-order valence-electron chi connectivity index (χ4n) is 5.93. The number of fused-ring (bicyclic) bond motifs is 1. The van der Waals surface area contributed by atoms with Crippen molar-refractivity contribution in [2.45, 2.75) is 44.6 Å². The molecule has 3 aliphatic heterocycles. The molecule has 3 fully saturated rings. The number of carboxylic acid groups (broad SMARTS) is 1. The summed E-state index contributed by atoms with van der Waals surface area (Å²) in [4.78, 5) is 39.6. The Labute approximate surface area is 207 Å². The van der Waals surface area contributed by atoms with E-state index < -0.39 is 30.5 Å². The second-order valence-corrected chi connectivity index (χ2v) is 10.1. The molecule has 0 saturated carbocycles. The molecule has 0 aliphatic carbocycles. The predicted molar refractivity (Wildman–Crippen MR) is 130 cm³/mol. The first-order valence-electron chi connectivity index (χ1n) is 12.4. The number of anilines is 1. The van der Waals surface area contributed by atoms with Crippen LogP contribution in [0, 0.1) is 12.8 Å². The summed E-state index contributed by atoms with van der Waals surface area (Å²) in [6, 6.07) is 7.70. The largest absolute Gasteiger partial charge is 0.465 e. The van der Waals surface area contributed by atoms with Gasteiger partial charge in [-0.25, -0.2) is 18.4 Å². The maximum Gasteiger partial charge on any atom is 0.407 e. The summed E-state index contributed by atoms with van der Waals surface area (Å²) in [5, 5.41) is 12.4. The van der Waals surface area contributed by atoms with E-state index in [1.807, 2.05) is 25.1 Å². The van der Waals surface area contributed by atoms with E-state index in [1.165, 1.54) is 0 Å². The summed E-state index contributed by atoms with van der Waals surface area (Å²) >= 11 is 0. The number of alkyl halides is 2. The van der Waals surface area contributed by atoms with Crippen LogP contribution in [-0.4, -0.2) is 82.7 Å². The maximum atomic E-state index is 14.6. The van der Waals surface area contributed by atoms with Gasteiger partial charge >= 0.3 is 12.1 Å². The van der Waals surface area contributed by atoms with Crippen LogP contribution >= 0.6 is 0 Å². The van der Waals surface area contributed by atoms with Crippen LogP contribution in [0.5, 0.6) is 0 Å². The van der Waals surface area contributed by atoms with Gasteiger partial charge in [-0.2, -0.15) is 0 Å². The molecule has 4 amide bonds. The Morgan fingerprint density at radius 1 is 1.14 bits per heavy atom. The molecule has 0 radical (unpaired) electrons. The number of benzene rings is 1. The van der Waals surface area contributed by atoms with Gasteiger partial charge in [0, 0.05) is 62.2 Å². The molecule has 5 rings (SSSR count). The van der Waals surface area contributed by atoms with Crippen molar-refractivity contribution in [1.29, 1.82) is 0 Å². The van der Waals surface area contributed by atoms with E-state index in [1.54, 1.807) is 4.90 Å². The first-order valence-corrected chi connectivity index (χ1v) is 12.4. The van der Waals surface area contributed by atoms with Gasteiger partial charge in [0.05, 0.1) is 17.7 Å². The molecule has 1 aromatic carbocycles. The summed E-state index contributed by atoms with van der Waals surface area (Å²) < 4.78 is 31.5. The van der Waals surface area contributed by atoms with Crippen LogP contribution in [0.2, 0.25) is 0 Å². The van der Waals surface area contributed by atoms with Gasteiger partial charge in [0.2, 0.25) is 5.91 Å². The summed E-state index contributed by atoms with van der Waals surface area (Å²) in [6.07, 6.45) is 0.759. The van der Waals surface area contributed by atoms with Crippen LogP contribution in [0.3, 0.4) is 0 Å². The zero-order valence-electron chi connectivity index (χ0n) is 20.3. The molecule has 11 heteroatoms. The number of piperidine rings is 2. The molecule has 2 N–H and O–H groups in total. The molecular formula is C25H31F2N5O4. The molecule has 4 heterocycles. The van der Waals surface area contributed by atoms with Crippen molar-refractivity contribution in [2.75, 3.05) is 44.2 Å². The lowest BCUT2D eigenvalue weighted by Crippen LogP contribution is -2.53. The van der Waals surface area contributed by atoms with Gasteiger partial charge in [-0.05, 0) is 44.4 Å². The third-order valence-corrected chi connectivity index (χ3v) is 7.82. The first kappa shape index (κ1) is 24.5. The normalized spacial score (nSPS) is 23.8. The smallest absolute Gasteiger partial charge is 0.407 e. The van der Waals surface area contributed by atoms with Crippen LogP contribution < -0.4 is 10.2 Å². The molecule has 1 atom stereocenters. The Hall–Kier alpha value is -3.21. The lowest BCUT2D eigenvalue weighted by Gasteiger charge is -2.41. The zero-order chi connectivity index (χ0) is 25.6. The van der Waals surface area contributed by atoms with Gasteiger partial charge in [0.25, 0.3) is 5.92 Å². The topological polar surface area (TPSA) is 98.1 Å². The standard InChI is InChI=1S/C25H31F2N5O4/c1-16-13-19-20(31-12-8-22(33)28-23(31)34)3-2-4-21(19)32(16)18-6-9-29(10-7-18)14-17-5-11-30(24(35)36)15-25(17,26)27/h2-4,13,17-18H,5-12,14-15H2,1H3,(H,35,36)(H,28,33,34). The molecule has 0 bridgehead atoms. The van der Waals surface area contributed by atoms with Crippen molar-refractivity contribution in [1.82, 2.24) is 19.7 Å². The van der Waals surface area contributed by atoms with Gasteiger partial charge in [-0.1, -0.05) is 6.07 Å². The van der Waals surface area contributed by atoms with Gasteiger partial charge in [-0.3, -0.25) is 15.0 Å². The lowest BCUT2D eigenvalue weighted by atomic mass is 9.91. The van der Waals surface area contributed by atoms with Gasteiger partial charge < -0.3 is 19.5 Å². The molecule has 3 saturated heterocycles. The van der Waals surface area contributed by atoms with Gasteiger partial charge in [0.1, 0.15) is 0 Å². The number of nitrogens with zero attached hydrogens (tertiary/aromatic N) is 4. The molecule has 1 aromatic heterocycles. The van der Waals surface area contributed by atoms with Crippen molar-refractivity contribution in [3.63, 3.8) is 0 Å². The Kier molecular flexibility index (Phi) is 6.36. The lowest BCUT2D eigenvalue weighted by molar-refractivity contribution is -0.120. The van der Waals surface area contributed by atoms with Crippen molar-refractivity contribution in [3.8, 4) is 0 Å². The molecular weight excluding hydrogens is 472 g/mol. The third kappa shape index (κ3) is 4.52. The van der Waals surface area contributed by atoms with Crippen LogP contribution in [0.25, 0.3) is 10.9 Å². The minimum Gasteiger partial charge on any atom is -0.465 e. The van der Waals surface area contributed by atoms with E-state index in [4.69, 9.17) is 5.11 Å². The van der Waals surface area contributed by atoms with Crippen LogP contribution in [0.4, 0.5) is 24.1 Å². The molecule has 9 nitrogen and oxygen atoms in total. The average molecular weight is 504 g/mol. The minimum atomic E-state index is -3.03. The van der Waals surface area contributed by atoms with Gasteiger partial charge in [-0.15, -0.1) is 0 Å². The summed E-state index contributed by atoms with van der Waals surface area (Å²) in [5.74, 6) is -4.14. The number of urea groups is 1. The zero-order valence-corrected chi connectivity index (χ0v) is 20.3. The van der Waals surface area contributed by atoms with Crippen LogP contribution in [0.15, 0.2) is 24.3 Å². The maximum absolute atomic E-state index is 14.6. The predicted octanol–water partition coefficient (Wildman–Crippen LogP) is 3.67. The number of carbonyl (C=O) groups is 3. The summed E-state index contributed by atoms with van der Waals surface area (Å²) in [6.45, 7) is 3.43. The summed E-state index contributed by atoms with van der Waals surface area (Å²) in [5.41, 5.74) is 2.85. The van der Waals surface area contributed by atoms with Crippen LogP contribution in [0.1, 0.15) is 37.4 Å². The van der Waals surface area contributed by atoms with Crippen molar-refractivity contribution < 1.29 is 28.3 Å². The minimum absolute atomic E-state index is 0.145. The third-order valence-electron chi connectivity index (χ3n) is 7.82. The van der Waals surface area contributed by atoms with E-state index in [9.17, 15) is 23.2 Å². The first-order chi connectivity index (χ1) is 17.1. The Morgan fingerprint density at radius 2 is 1.89 bits per heavy atom. The number of imide groups is 1. The molecule has 1 unspecified atom stereocenters. The van der Waals surface area contributed by atoms with Crippen molar-refractivity contribution >= 4 is 34.6 Å². The number of hydrogen-bond acceptors (Lipinski definition) is 4. The highest BCUT2D eigenvalue weighted by atomic mass is 19.3. The van der Waals surface area contributed by atoms with E-state index in [2.05, 4.69) is 20.9 Å². The number of hydrogen-bond donors (Lipinski definition) is 2. The SMILES string of the molecule is Cc1cc2c(N3CCC(=O)NC3=O)cccc2n1C1CCN(CC2CCN(C(=O)O)CC2(F)F)CC1. The van der Waals surface area contributed by atoms with E-state index in [0.717, 1.165) is 40.0 Å². The number of aromatic nitrogens is 1. The molecule has 194 valence electrons. The molecule has 2 aromatic rings. The van der Waals surface area contributed by atoms with Crippen molar-refractivity contribution in [3.05, 3.63) is 30.0 Å². The summed E-state index contributed by atoms with van der Waals surface area (Å²) in [7, 11) is 0. The van der Waals surface area contributed by atoms with Crippen LogP contribution in [-0.2, 0) is 4.79 Å². The number of aryl methyl sites for hydroxylation is 1. The molecule has 36 heavy (non-hydrogen) atoms. The average Bonchev–Trinajstić information content (AvgIpc) is 3.16. The fourth-order valence-corrected chi connectivity index (χ4v) is 5.93. The molecule has 0 spiro atoms. The Morgan fingerprint density at radius 3 is 2.56 bits per heavy atom.